The van der Waals surface area contributed by atoms with E-state index in [1.165, 1.54) is 6.33 Å². The Morgan fingerprint density at radius 2 is 2.27 bits per heavy atom. The molecular weight excluding hydrogens is 218 g/mol. The van der Waals surface area contributed by atoms with Gasteiger partial charge in [-0.3, -0.25) is 0 Å². The molecule has 0 spiro atoms. The summed E-state index contributed by atoms with van der Waals surface area (Å²) in [5.41, 5.74) is 6.90. The average molecular weight is 228 g/mol. The van der Waals surface area contributed by atoms with E-state index in [0.29, 0.717) is 11.7 Å². The van der Waals surface area contributed by atoms with Gasteiger partial charge in [-0.1, -0.05) is 5.16 Å². The van der Waals surface area contributed by atoms with Crippen molar-refractivity contribution in [2.24, 2.45) is 5.73 Å². The Balaban J connectivity index is 0.00000112. The monoisotopic (exact) mass is 227 g/mol. The lowest BCUT2D eigenvalue weighted by atomic mass is 10.2. The maximum absolute atomic E-state index is 5.36. The van der Waals surface area contributed by atoms with Crippen molar-refractivity contribution in [2.75, 3.05) is 0 Å². The Morgan fingerprint density at radius 1 is 1.47 bits per heavy atom. The van der Waals surface area contributed by atoms with Gasteiger partial charge in [0.1, 0.15) is 6.33 Å². The van der Waals surface area contributed by atoms with Gasteiger partial charge in [-0.05, 0) is 6.92 Å². The molecule has 0 bridgehead atoms. The first-order valence-corrected chi connectivity index (χ1v) is 4.11. The molecule has 6 nitrogen and oxygen atoms in total. The van der Waals surface area contributed by atoms with Crippen LogP contribution in [0.3, 0.4) is 0 Å². The zero-order chi connectivity index (χ0) is 9.97. The van der Waals surface area contributed by atoms with Gasteiger partial charge in [0.05, 0.1) is 17.8 Å². The summed E-state index contributed by atoms with van der Waals surface area (Å²) in [6.07, 6.45) is 3.11. The van der Waals surface area contributed by atoms with Crippen molar-refractivity contribution < 1.29 is 4.52 Å². The van der Waals surface area contributed by atoms with Gasteiger partial charge < -0.3 is 10.3 Å². The standard InChI is InChI=1S/C8H9N5O.ClH/c1-5-6(3-10-4-11-5)8-12-7(2-9)13-14-8;/h3-4H,2,9H2,1H3;1H. The zero-order valence-electron chi connectivity index (χ0n) is 8.04. The number of rotatable bonds is 2. The van der Waals surface area contributed by atoms with Crippen LogP contribution in [-0.2, 0) is 6.54 Å². The molecule has 2 N–H and O–H groups in total. The predicted octanol–water partition coefficient (Wildman–Crippen LogP) is 0.716. The van der Waals surface area contributed by atoms with E-state index < -0.39 is 0 Å². The SMILES string of the molecule is Cc1ncncc1-c1nc(CN)no1.Cl. The lowest BCUT2D eigenvalue weighted by Gasteiger charge is -1.95. The molecule has 0 aliphatic rings. The third-order valence-corrected chi connectivity index (χ3v) is 1.79. The Labute approximate surface area is 92.3 Å². The first-order valence-electron chi connectivity index (χ1n) is 4.11. The number of aryl methyl sites for hydroxylation is 1. The average Bonchev–Trinajstić information content (AvgIpc) is 2.67. The third-order valence-electron chi connectivity index (χ3n) is 1.79. The second-order valence-corrected chi connectivity index (χ2v) is 2.74. The van der Waals surface area contributed by atoms with Crippen LogP contribution in [-0.4, -0.2) is 20.1 Å². The Hall–Kier alpha value is -1.53. The molecule has 2 heterocycles. The Morgan fingerprint density at radius 3 is 2.87 bits per heavy atom. The molecule has 80 valence electrons. The topological polar surface area (TPSA) is 90.7 Å². The fourth-order valence-electron chi connectivity index (χ4n) is 1.05. The summed E-state index contributed by atoms with van der Waals surface area (Å²) < 4.78 is 5.00. The molecule has 2 aromatic rings. The second kappa shape index (κ2) is 4.81. The van der Waals surface area contributed by atoms with E-state index >= 15 is 0 Å². The lowest BCUT2D eigenvalue weighted by molar-refractivity contribution is 0.422. The van der Waals surface area contributed by atoms with E-state index in [1.807, 2.05) is 6.92 Å². The molecule has 0 unspecified atom stereocenters. The van der Waals surface area contributed by atoms with E-state index in [1.54, 1.807) is 6.20 Å². The minimum atomic E-state index is 0. The summed E-state index contributed by atoms with van der Waals surface area (Å²) in [5.74, 6) is 0.881. The number of hydrogen-bond donors (Lipinski definition) is 1. The number of halogens is 1. The molecule has 0 aromatic carbocycles. The van der Waals surface area contributed by atoms with Gasteiger partial charge in [0.2, 0.25) is 0 Å². The van der Waals surface area contributed by atoms with E-state index in [4.69, 9.17) is 10.3 Å². The van der Waals surface area contributed by atoms with Crippen molar-refractivity contribution >= 4 is 12.4 Å². The fraction of sp³-hybridized carbons (Fsp3) is 0.250. The van der Waals surface area contributed by atoms with Crippen LogP contribution in [0.25, 0.3) is 11.5 Å². The van der Waals surface area contributed by atoms with Crippen LogP contribution in [0.2, 0.25) is 0 Å². The summed E-state index contributed by atoms with van der Waals surface area (Å²) in [5, 5.41) is 3.69. The quantitative estimate of drug-likeness (QED) is 0.813. The van der Waals surface area contributed by atoms with Gasteiger partial charge in [0.25, 0.3) is 5.89 Å². The third kappa shape index (κ3) is 2.28. The van der Waals surface area contributed by atoms with Crippen LogP contribution < -0.4 is 5.73 Å². The first kappa shape index (κ1) is 11.5. The van der Waals surface area contributed by atoms with Crippen LogP contribution in [0.4, 0.5) is 0 Å². The van der Waals surface area contributed by atoms with E-state index in [2.05, 4.69) is 20.1 Å². The molecule has 0 fully saturated rings. The van der Waals surface area contributed by atoms with E-state index in [-0.39, 0.29) is 19.0 Å². The highest BCUT2D eigenvalue weighted by atomic mass is 35.5. The van der Waals surface area contributed by atoms with Crippen molar-refractivity contribution in [3.05, 3.63) is 24.0 Å². The van der Waals surface area contributed by atoms with Crippen molar-refractivity contribution in [3.8, 4) is 11.5 Å². The zero-order valence-corrected chi connectivity index (χ0v) is 8.86. The van der Waals surface area contributed by atoms with Gasteiger partial charge in [-0.25, -0.2) is 9.97 Å². The molecule has 7 heteroatoms. The molecule has 15 heavy (non-hydrogen) atoms. The summed E-state index contributed by atoms with van der Waals surface area (Å²) in [4.78, 5) is 12.0. The van der Waals surface area contributed by atoms with Crippen LogP contribution >= 0.6 is 12.4 Å². The number of aromatic nitrogens is 4. The maximum Gasteiger partial charge on any atom is 0.261 e. The second-order valence-electron chi connectivity index (χ2n) is 2.74. The molecule has 0 saturated carbocycles. The molecule has 0 amide bonds. The molecule has 0 aliphatic carbocycles. The molecule has 2 aromatic heterocycles. The normalized spacial score (nSPS) is 9.73. The molecule has 0 aliphatic heterocycles. The van der Waals surface area contributed by atoms with E-state index in [9.17, 15) is 0 Å². The van der Waals surface area contributed by atoms with Crippen LogP contribution in [0.1, 0.15) is 11.5 Å². The fourth-order valence-corrected chi connectivity index (χ4v) is 1.05. The highest BCUT2D eigenvalue weighted by Crippen LogP contribution is 2.17. The molecule has 0 radical (unpaired) electrons. The highest BCUT2D eigenvalue weighted by molar-refractivity contribution is 5.85. The van der Waals surface area contributed by atoms with Crippen LogP contribution in [0.5, 0.6) is 0 Å². The highest BCUT2D eigenvalue weighted by Gasteiger charge is 2.10. The first-order chi connectivity index (χ1) is 6.81. The largest absolute Gasteiger partial charge is 0.334 e. The van der Waals surface area contributed by atoms with E-state index in [0.717, 1.165) is 11.3 Å². The summed E-state index contributed by atoms with van der Waals surface area (Å²) in [6.45, 7) is 2.11. The van der Waals surface area contributed by atoms with Gasteiger partial charge >= 0.3 is 0 Å². The Kier molecular flexibility index (Phi) is 3.70. The predicted molar refractivity (Wildman–Crippen MR) is 55.2 cm³/mol. The number of nitrogens with two attached hydrogens (primary N) is 1. The van der Waals surface area contributed by atoms with Gasteiger partial charge in [-0.2, -0.15) is 4.98 Å². The van der Waals surface area contributed by atoms with Gasteiger partial charge in [0, 0.05) is 6.20 Å². The Bertz CT molecular complexity index is 444. The molecular formula is C8H10ClN5O. The van der Waals surface area contributed by atoms with Crippen molar-refractivity contribution in [3.63, 3.8) is 0 Å². The van der Waals surface area contributed by atoms with Crippen molar-refractivity contribution in [1.82, 2.24) is 20.1 Å². The lowest BCUT2D eigenvalue weighted by Crippen LogP contribution is -1.98. The minimum absolute atomic E-state index is 0. The molecule has 2 rings (SSSR count). The van der Waals surface area contributed by atoms with Crippen LogP contribution in [0, 0.1) is 6.92 Å². The number of hydrogen-bond acceptors (Lipinski definition) is 6. The van der Waals surface area contributed by atoms with Gasteiger partial charge in [0.15, 0.2) is 5.82 Å². The summed E-state index contributed by atoms with van der Waals surface area (Å²) >= 11 is 0. The van der Waals surface area contributed by atoms with Gasteiger partial charge in [-0.15, -0.1) is 12.4 Å². The number of nitrogens with zero attached hydrogens (tertiary/aromatic N) is 4. The van der Waals surface area contributed by atoms with Crippen molar-refractivity contribution in [1.29, 1.82) is 0 Å². The van der Waals surface area contributed by atoms with Crippen LogP contribution in [0.15, 0.2) is 17.0 Å². The summed E-state index contributed by atoms with van der Waals surface area (Å²) in [6, 6.07) is 0. The molecule has 0 atom stereocenters. The van der Waals surface area contributed by atoms with Crippen molar-refractivity contribution in [2.45, 2.75) is 13.5 Å². The smallest absolute Gasteiger partial charge is 0.261 e. The molecule has 0 saturated heterocycles. The summed E-state index contributed by atoms with van der Waals surface area (Å²) in [7, 11) is 0. The minimum Gasteiger partial charge on any atom is -0.334 e. The maximum atomic E-state index is 5.36.